The van der Waals surface area contributed by atoms with Crippen molar-refractivity contribution in [3.05, 3.63) is 53.1 Å². The van der Waals surface area contributed by atoms with Gasteiger partial charge in [-0.1, -0.05) is 36.7 Å². The summed E-state index contributed by atoms with van der Waals surface area (Å²) in [6.45, 7) is 3.79. The predicted molar refractivity (Wildman–Crippen MR) is 81.9 cm³/mol. The Hall–Kier alpha value is -1.71. The van der Waals surface area contributed by atoms with Gasteiger partial charge in [-0.15, -0.1) is 0 Å². The van der Waals surface area contributed by atoms with Crippen molar-refractivity contribution in [1.82, 2.24) is 5.32 Å². The highest BCUT2D eigenvalue weighted by Gasteiger charge is 2.08. The second-order valence-electron chi connectivity index (χ2n) is 4.30. The molecule has 0 spiro atoms. The molecule has 0 saturated carbocycles. The van der Waals surface area contributed by atoms with Gasteiger partial charge in [0.15, 0.2) is 11.5 Å². The minimum atomic E-state index is 0.589. The maximum atomic E-state index is 6.26. The number of hydrogen-bond acceptors (Lipinski definition) is 3. The number of ether oxygens (including phenoxy) is 2. The van der Waals surface area contributed by atoms with Crippen molar-refractivity contribution in [2.75, 3.05) is 13.7 Å². The number of para-hydroxylation sites is 2. The molecule has 106 valence electrons. The number of nitrogens with one attached hydrogen (secondary N) is 1. The van der Waals surface area contributed by atoms with Crippen molar-refractivity contribution < 1.29 is 9.47 Å². The third kappa shape index (κ3) is 3.65. The van der Waals surface area contributed by atoms with E-state index in [1.807, 2.05) is 42.5 Å². The lowest BCUT2D eigenvalue weighted by Gasteiger charge is -2.12. The molecule has 0 saturated heterocycles. The van der Waals surface area contributed by atoms with Gasteiger partial charge in [-0.3, -0.25) is 0 Å². The molecule has 0 radical (unpaired) electrons. The van der Waals surface area contributed by atoms with Crippen LogP contribution in [-0.4, -0.2) is 13.7 Å². The fraction of sp³-hybridized carbons (Fsp3) is 0.250. The van der Waals surface area contributed by atoms with Crippen LogP contribution >= 0.6 is 11.6 Å². The number of rotatable bonds is 6. The van der Waals surface area contributed by atoms with Crippen LogP contribution in [0.15, 0.2) is 42.5 Å². The Bertz CT molecular complexity index is 572. The fourth-order valence-electron chi connectivity index (χ4n) is 1.83. The van der Waals surface area contributed by atoms with Crippen molar-refractivity contribution in [2.45, 2.75) is 13.5 Å². The Kier molecular flexibility index (Phi) is 5.27. The quantitative estimate of drug-likeness (QED) is 0.863. The zero-order valence-corrected chi connectivity index (χ0v) is 12.4. The summed E-state index contributed by atoms with van der Waals surface area (Å²) in [5.74, 6) is 1.95. The van der Waals surface area contributed by atoms with Crippen molar-refractivity contribution in [3.63, 3.8) is 0 Å². The normalized spacial score (nSPS) is 10.3. The average molecular weight is 292 g/mol. The molecule has 2 aromatic rings. The Labute approximate surface area is 124 Å². The lowest BCUT2D eigenvalue weighted by Crippen LogP contribution is -2.11. The first-order valence-electron chi connectivity index (χ1n) is 6.54. The summed E-state index contributed by atoms with van der Waals surface area (Å²) in [7, 11) is 1.61. The number of benzene rings is 2. The summed E-state index contributed by atoms with van der Waals surface area (Å²) < 4.78 is 11.1. The zero-order valence-electron chi connectivity index (χ0n) is 11.7. The number of halogens is 1. The van der Waals surface area contributed by atoms with Crippen LogP contribution in [-0.2, 0) is 6.54 Å². The van der Waals surface area contributed by atoms with E-state index in [0.717, 1.165) is 18.7 Å². The van der Waals surface area contributed by atoms with Crippen molar-refractivity contribution >= 4 is 11.6 Å². The second-order valence-corrected chi connectivity index (χ2v) is 4.71. The van der Waals surface area contributed by atoms with Crippen LogP contribution in [0.3, 0.4) is 0 Å². The van der Waals surface area contributed by atoms with Crippen LogP contribution in [0.2, 0.25) is 5.02 Å². The van der Waals surface area contributed by atoms with Gasteiger partial charge >= 0.3 is 0 Å². The molecule has 0 amide bonds. The van der Waals surface area contributed by atoms with E-state index in [2.05, 4.69) is 12.2 Å². The molecule has 20 heavy (non-hydrogen) atoms. The van der Waals surface area contributed by atoms with E-state index >= 15 is 0 Å². The van der Waals surface area contributed by atoms with E-state index in [1.54, 1.807) is 7.11 Å². The zero-order chi connectivity index (χ0) is 14.4. The van der Waals surface area contributed by atoms with Crippen LogP contribution < -0.4 is 14.8 Å². The maximum absolute atomic E-state index is 6.26. The van der Waals surface area contributed by atoms with Gasteiger partial charge in [0.05, 0.1) is 12.1 Å². The maximum Gasteiger partial charge on any atom is 0.169 e. The largest absolute Gasteiger partial charge is 0.493 e. The molecule has 0 aliphatic rings. The van der Waals surface area contributed by atoms with E-state index in [1.165, 1.54) is 0 Å². The Balaban J connectivity index is 2.17. The molecule has 0 aliphatic heterocycles. The topological polar surface area (TPSA) is 30.5 Å². The molecule has 0 aliphatic carbocycles. The second kappa shape index (κ2) is 7.17. The van der Waals surface area contributed by atoms with Crippen molar-refractivity contribution in [2.24, 2.45) is 0 Å². The number of methoxy groups -OCH3 is 1. The minimum Gasteiger partial charge on any atom is -0.493 e. The van der Waals surface area contributed by atoms with Gasteiger partial charge in [0.2, 0.25) is 0 Å². The monoisotopic (exact) mass is 291 g/mol. The Morgan fingerprint density at radius 3 is 2.45 bits per heavy atom. The first-order chi connectivity index (χ1) is 9.74. The van der Waals surface area contributed by atoms with Gasteiger partial charge < -0.3 is 14.8 Å². The predicted octanol–water partition coefficient (Wildman–Crippen LogP) is 4.25. The van der Waals surface area contributed by atoms with Gasteiger partial charge in [-0.2, -0.15) is 0 Å². The summed E-state index contributed by atoms with van der Waals surface area (Å²) in [6.07, 6.45) is 0. The highest BCUT2D eigenvalue weighted by atomic mass is 35.5. The summed E-state index contributed by atoms with van der Waals surface area (Å²) in [4.78, 5) is 0. The molecule has 0 aromatic heterocycles. The van der Waals surface area contributed by atoms with Crippen LogP contribution in [0.1, 0.15) is 12.5 Å². The van der Waals surface area contributed by atoms with Gasteiger partial charge in [-0.05, 0) is 36.4 Å². The van der Waals surface area contributed by atoms with Crippen molar-refractivity contribution in [1.29, 1.82) is 0 Å². The minimum absolute atomic E-state index is 0.589. The molecule has 2 aromatic carbocycles. The highest BCUT2D eigenvalue weighted by Crippen LogP contribution is 2.35. The Morgan fingerprint density at radius 1 is 1.05 bits per heavy atom. The van der Waals surface area contributed by atoms with E-state index in [9.17, 15) is 0 Å². The lowest BCUT2D eigenvalue weighted by molar-refractivity contribution is 0.379. The standard InChI is InChI=1S/C16H18ClNO2/c1-3-18-11-12-8-9-14(13(17)10-12)20-16-7-5-4-6-15(16)19-2/h4-10,18H,3,11H2,1-2H3. The summed E-state index contributed by atoms with van der Waals surface area (Å²) in [5.41, 5.74) is 1.13. The molecule has 0 bridgehead atoms. The molecule has 0 unspecified atom stereocenters. The molecule has 2 rings (SSSR count). The van der Waals surface area contributed by atoms with Gasteiger partial charge in [0, 0.05) is 6.54 Å². The fourth-order valence-corrected chi connectivity index (χ4v) is 2.07. The molecule has 3 nitrogen and oxygen atoms in total. The molecule has 0 atom stereocenters. The number of hydrogen-bond donors (Lipinski definition) is 1. The average Bonchev–Trinajstić information content (AvgIpc) is 2.48. The van der Waals surface area contributed by atoms with Crippen LogP contribution in [0.25, 0.3) is 0 Å². The van der Waals surface area contributed by atoms with E-state index < -0.39 is 0 Å². The summed E-state index contributed by atoms with van der Waals surface area (Å²) >= 11 is 6.26. The van der Waals surface area contributed by atoms with Crippen molar-refractivity contribution in [3.8, 4) is 17.2 Å². The van der Waals surface area contributed by atoms with Crippen LogP contribution in [0.4, 0.5) is 0 Å². The van der Waals surface area contributed by atoms with E-state index in [-0.39, 0.29) is 0 Å². The first kappa shape index (κ1) is 14.7. The Morgan fingerprint density at radius 2 is 1.80 bits per heavy atom. The third-order valence-electron chi connectivity index (χ3n) is 2.86. The third-order valence-corrected chi connectivity index (χ3v) is 3.16. The highest BCUT2D eigenvalue weighted by molar-refractivity contribution is 6.32. The summed E-state index contributed by atoms with van der Waals surface area (Å²) in [6, 6.07) is 13.3. The summed E-state index contributed by atoms with van der Waals surface area (Å²) in [5, 5.41) is 3.85. The van der Waals surface area contributed by atoms with Gasteiger partial charge in [0.1, 0.15) is 5.75 Å². The SMILES string of the molecule is CCNCc1ccc(Oc2ccccc2OC)c(Cl)c1. The molecular formula is C16H18ClNO2. The van der Waals surface area contributed by atoms with Gasteiger partial charge in [-0.25, -0.2) is 0 Å². The smallest absolute Gasteiger partial charge is 0.169 e. The van der Waals surface area contributed by atoms with E-state index in [0.29, 0.717) is 22.3 Å². The molecular weight excluding hydrogens is 274 g/mol. The van der Waals surface area contributed by atoms with E-state index in [4.69, 9.17) is 21.1 Å². The molecule has 1 N–H and O–H groups in total. The van der Waals surface area contributed by atoms with Crippen LogP contribution in [0, 0.1) is 0 Å². The first-order valence-corrected chi connectivity index (χ1v) is 6.92. The molecule has 0 fully saturated rings. The lowest BCUT2D eigenvalue weighted by atomic mass is 10.2. The molecule has 0 heterocycles. The molecule has 4 heteroatoms. The van der Waals surface area contributed by atoms with Gasteiger partial charge in [0.25, 0.3) is 0 Å². The van der Waals surface area contributed by atoms with Crippen LogP contribution in [0.5, 0.6) is 17.2 Å².